The maximum atomic E-state index is 10.8. The van der Waals surface area contributed by atoms with Gasteiger partial charge in [0.05, 0.1) is 32.0 Å². The first-order valence-corrected chi connectivity index (χ1v) is 10.5. The maximum Gasteiger partial charge on any atom is 0.469 e. The molecule has 0 bridgehead atoms. The van der Waals surface area contributed by atoms with Crippen molar-refractivity contribution >= 4 is 18.7 Å². The van der Waals surface area contributed by atoms with Crippen molar-refractivity contribution < 1.29 is 28.3 Å². The lowest BCUT2D eigenvalue weighted by atomic mass is 9.78. The van der Waals surface area contributed by atoms with Crippen LogP contribution >= 0.6 is 7.82 Å². The minimum Gasteiger partial charge on any atom is -0.493 e. The van der Waals surface area contributed by atoms with E-state index in [1.165, 1.54) is 0 Å². The molecule has 27 heavy (non-hydrogen) atoms. The molecule has 0 atom stereocenters. The summed E-state index contributed by atoms with van der Waals surface area (Å²) >= 11 is 0. The monoisotopic (exact) mass is 396 g/mol. The molecule has 0 unspecified atom stereocenters. The van der Waals surface area contributed by atoms with Crippen molar-refractivity contribution in [3.05, 3.63) is 24.2 Å². The van der Waals surface area contributed by atoms with Gasteiger partial charge < -0.3 is 19.3 Å². The summed E-state index contributed by atoms with van der Waals surface area (Å²) in [4.78, 5) is 26.5. The van der Waals surface area contributed by atoms with E-state index in [1.807, 2.05) is 12.1 Å². The van der Waals surface area contributed by atoms with Gasteiger partial charge in [0.15, 0.2) is 11.5 Å². The van der Waals surface area contributed by atoms with Crippen molar-refractivity contribution in [3.63, 3.8) is 0 Å². The van der Waals surface area contributed by atoms with Crippen LogP contribution in [-0.2, 0) is 9.09 Å². The number of methoxy groups -OCH3 is 2. The number of aromatic nitrogens is 2. The number of fused-ring (bicyclic) bond motifs is 1. The smallest absolute Gasteiger partial charge is 0.469 e. The van der Waals surface area contributed by atoms with Crippen LogP contribution in [0.1, 0.15) is 43.7 Å². The van der Waals surface area contributed by atoms with Gasteiger partial charge in [-0.05, 0) is 44.1 Å². The molecule has 1 aromatic carbocycles. The van der Waals surface area contributed by atoms with Gasteiger partial charge in [-0.25, -0.2) is 14.5 Å². The molecule has 0 aliphatic heterocycles. The van der Waals surface area contributed by atoms with E-state index in [2.05, 4.69) is 14.5 Å². The fraction of sp³-hybridized carbons (Fsp3) is 0.556. The van der Waals surface area contributed by atoms with Gasteiger partial charge >= 0.3 is 7.82 Å². The standard InChI is InChI=1S/C18H25N2O6P/c1-24-16-9-14-15(10-17(16)25-2)19-11-20-18(14)13-5-3-12(4-6-13)7-8-26-27(21,22)23/h9-13H,3-8H2,1-2H3,(H2,21,22,23). The van der Waals surface area contributed by atoms with Gasteiger partial charge in [0.25, 0.3) is 0 Å². The van der Waals surface area contributed by atoms with Gasteiger partial charge in [-0.15, -0.1) is 0 Å². The topological polar surface area (TPSA) is 111 Å². The average molecular weight is 396 g/mol. The molecule has 148 valence electrons. The van der Waals surface area contributed by atoms with E-state index in [0.717, 1.165) is 42.3 Å². The van der Waals surface area contributed by atoms with E-state index in [0.29, 0.717) is 29.8 Å². The summed E-state index contributed by atoms with van der Waals surface area (Å²) in [5.74, 6) is 2.04. The highest BCUT2D eigenvalue weighted by Crippen LogP contribution is 2.41. The Kier molecular flexibility index (Phi) is 6.32. The summed E-state index contributed by atoms with van der Waals surface area (Å²) in [6.45, 7) is 0.0903. The van der Waals surface area contributed by atoms with Crippen molar-refractivity contribution in [1.82, 2.24) is 9.97 Å². The van der Waals surface area contributed by atoms with Crippen LogP contribution in [0.3, 0.4) is 0 Å². The fourth-order valence-corrected chi connectivity index (χ4v) is 4.13. The van der Waals surface area contributed by atoms with Crippen LogP contribution in [-0.4, -0.2) is 40.6 Å². The van der Waals surface area contributed by atoms with Gasteiger partial charge in [-0.1, -0.05) is 0 Å². The summed E-state index contributed by atoms with van der Waals surface area (Å²) in [7, 11) is -1.16. The Hall–Kier alpha value is -1.73. The molecule has 0 spiro atoms. The van der Waals surface area contributed by atoms with E-state index in [9.17, 15) is 4.57 Å². The molecule has 8 nitrogen and oxygen atoms in total. The first-order chi connectivity index (χ1) is 12.9. The van der Waals surface area contributed by atoms with Crippen LogP contribution in [0.4, 0.5) is 0 Å². The number of phosphoric ester groups is 1. The number of hydrogen-bond donors (Lipinski definition) is 2. The minimum absolute atomic E-state index is 0.0903. The van der Waals surface area contributed by atoms with Gasteiger partial charge in [0.1, 0.15) is 6.33 Å². The number of nitrogens with zero attached hydrogens (tertiary/aromatic N) is 2. The van der Waals surface area contributed by atoms with E-state index in [4.69, 9.17) is 19.3 Å². The molecular weight excluding hydrogens is 371 g/mol. The Labute approximate surface area is 158 Å². The molecule has 1 fully saturated rings. The average Bonchev–Trinajstić information content (AvgIpc) is 2.66. The highest BCUT2D eigenvalue weighted by Gasteiger charge is 2.26. The summed E-state index contributed by atoms with van der Waals surface area (Å²) in [6, 6.07) is 3.80. The van der Waals surface area contributed by atoms with Crippen LogP contribution in [0.25, 0.3) is 10.9 Å². The summed E-state index contributed by atoms with van der Waals surface area (Å²) in [5, 5.41) is 0.975. The van der Waals surface area contributed by atoms with Gasteiger partial charge in [0.2, 0.25) is 0 Å². The lowest BCUT2D eigenvalue weighted by molar-refractivity contribution is 0.173. The summed E-state index contributed by atoms with van der Waals surface area (Å²) in [6.07, 6.45) is 6.15. The molecule has 0 radical (unpaired) electrons. The van der Waals surface area contributed by atoms with E-state index in [-0.39, 0.29) is 6.61 Å². The second-order valence-corrected chi connectivity index (χ2v) is 8.05. The fourth-order valence-electron chi connectivity index (χ4n) is 3.79. The predicted octanol–water partition coefficient (Wildman–Crippen LogP) is 3.42. The highest BCUT2D eigenvalue weighted by molar-refractivity contribution is 7.46. The second kappa shape index (κ2) is 8.52. The number of phosphoric acid groups is 1. The molecule has 2 N–H and O–H groups in total. The van der Waals surface area contributed by atoms with E-state index in [1.54, 1.807) is 20.5 Å². The van der Waals surface area contributed by atoms with Crippen molar-refractivity contribution in [3.8, 4) is 11.5 Å². The van der Waals surface area contributed by atoms with E-state index >= 15 is 0 Å². The molecule has 1 aliphatic rings. The maximum absolute atomic E-state index is 10.8. The van der Waals surface area contributed by atoms with Crippen LogP contribution in [0, 0.1) is 5.92 Å². The molecule has 1 aliphatic carbocycles. The Morgan fingerprint density at radius 1 is 1.07 bits per heavy atom. The zero-order valence-corrected chi connectivity index (χ0v) is 16.4. The first-order valence-electron chi connectivity index (χ1n) is 8.98. The SMILES string of the molecule is COc1cc2ncnc(C3CCC(CCOP(=O)(O)O)CC3)c2cc1OC. The molecule has 1 saturated carbocycles. The lowest BCUT2D eigenvalue weighted by Gasteiger charge is -2.28. The van der Waals surface area contributed by atoms with Crippen LogP contribution in [0.2, 0.25) is 0 Å². The number of ether oxygens (including phenoxy) is 2. The van der Waals surface area contributed by atoms with Crippen molar-refractivity contribution in [2.75, 3.05) is 20.8 Å². The third-order valence-corrected chi connectivity index (χ3v) is 5.71. The third-order valence-electron chi connectivity index (χ3n) is 5.19. The molecule has 0 saturated heterocycles. The molecule has 0 amide bonds. The Morgan fingerprint density at radius 2 is 1.74 bits per heavy atom. The van der Waals surface area contributed by atoms with Crippen LogP contribution in [0.5, 0.6) is 11.5 Å². The zero-order chi connectivity index (χ0) is 19.4. The van der Waals surface area contributed by atoms with Gasteiger partial charge in [0, 0.05) is 17.4 Å². The molecule has 9 heteroatoms. The number of rotatable bonds is 7. The third kappa shape index (κ3) is 4.96. The van der Waals surface area contributed by atoms with Crippen molar-refractivity contribution in [2.24, 2.45) is 5.92 Å². The second-order valence-electron chi connectivity index (χ2n) is 6.81. The normalized spacial score (nSPS) is 20.6. The first kappa shape index (κ1) is 20.0. The lowest BCUT2D eigenvalue weighted by Crippen LogP contribution is -2.16. The van der Waals surface area contributed by atoms with Crippen LogP contribution in [0.15, 0.2) is 18.5 Å². The van der Waals surface area contributed by atoms with Gasteiger partial charge in [-0.3, -0.25) is 4.52 Å². The zero-order valence-electron chi connectivity index (χ0n) is 15.5. The summed E-state index contributed by atoms with van der Waals surface area (Å²) in [5.41, 5.74) is 1.85. The quantitative estimate of drug-likeness (QED) is 0.685. The largest absolute Gasteiger partial charge is 0.493 e. The molecule has 3 rings (SSSR count). The van der Waals surface area contributed by atoms with Crippen molar-refractivity contribution in [1.29, 1.82) is 0 Å². The van der Waals surface area contributed by atoms with Crippen LogP contribution < -0.4 is 9.47 Å². The molecular formula is C18H25N2O6P. The Morgan fingerprint density at radius 3 is 2.37 bits per heavy atom. The Balaban J connectivity index is 1.71. The van der Waals surface area contributed by atoms with Crippen molar-refractivity contribution in [2.45, 2.75) is 38.0 Å². The Bertz CT molecular complexity index is 832. The minimum atomic E-state index is -4.37. The van der Waals surface area contributed by atoms with E-state index < -0.39 is 7.82 Å². The highest BCUT2D eigenvalue weighted by atomic mass is 31.2. The molecule has 2 aromatic rings. The molecule has 1 aromatic heterocycles. The predicted molar refractivity (Wildman–Crippen MR) is 100.0 cm³/mol. The number of hydrogen-bond acceptors (Lipinski definition) is 6. The van der Waals surface area contributed by atoms with Gasteiger partial charge in [-0.2, -0.15) is 0 Å². The number of benzene rings is 1. The summed E-state index contributed by atoms with van der Waals surface area (Å²) < 4.78 is 26.1. The molecule has 1 heterocycles.